The first-order valence-corrected chi connectivity index (χ1v) is 4.02. The molecule has 3 N–H and O–H groups in total. The fourth-order valence-electron chi connectivity index (χ4n) is 0.872. The van der Waals surface area contributed by atoms with Crippen molar-refractivity contribution in [3.05, 3.63) is 48.2 Å². The first-order valence-electron chi connectivity index (χ1n) is 4.02. The van der Waals surface area contributed by atoms with Gasteiger partial charge in [-0.1, -0.05) is 18.2 Å². The topological polar surface area (TPSA) is 72.2 Å². The average Bonchev–Trinajstić information content (AvgIpc) is 2.18. The third-order valence-electron chi connectivity index (χ3n) is 1.50. The van der Waals surface area contributed by atoms with E-state index in [1.807, 2.05) is 6.07 Å². The molecule has 0 unspecified atom stereocenters. The summed E-state index contributed by atoms with van der Waals surface area (Å²) < 4.78 is 0. The van der Waals surface area contributed by atoms with Crippen LogP contribution in [0.1, 0.15) is 10.4 Å². The Kier molecular flexibility index (Phi) is 3.43. The number of carbonyl (C=O) groups is 2. The van der Waals surface area contributed by atoms with E-state index in [0.29, 0.717) is 5.56 Å². The number of amides is 2. The van der Waals surface area contributed by atoms with Crippen molar-refractivity contribution in [1.29, 1.82) is 0 Å². The molecule has 0 saturated carbocycles. The Morgan fingerprint density at radius 3 is 2.43 bits per heavy atom. The minimum absolute atomic E-state index is 0.275. The molecular formula is C10H10N2O2. The van der Waals surface area contributed by atoms with Crippen molar-refractivity contribution in [2.75, 3.05) is 0 Å². The van der Waals surface area contributed by atoms with Gasteiger partial charge in [-0.2, -0.15) is 0 Å². The van der Waals surface area contributed by atoms with Gasteiger partial charge in [0.15, 0.2) is 0 Å². The maximum absolute atomic E-state index is 11.3. The Balaban J connectivity index is 2.56. The minimum atomic E-state index is -0.599. The van der Waals surface area contributed by atoms with Gasteiger partial charge in [-0.25, -0.2) is 0 Å². The highest BCUT2D eigenvalue weighted by Gasteiger charge is 2.00. The number of benzene rings is 1. The molecule has 0 heterocycles. The lowest BCUT2D eigenvalue weighted by Gasteiger charge is -1.98. The van der Waals surface area contributed by atoms with Crippen LogP contribution in [0.4, 0.5) is 0 Å². The Bertz CT molecular complexity index is 358. The molecule has 72 valence electrons. The van der Waals surface area contributed by atoms with Gasteiger partial charge in [0.1, 0.15) is 0 Å². The van der Waals surface area contributed by atoms with Crippen LogP contribution in [-0.4, -0.2) is 11.8 Å². The van der Waals surface area contributed by atoms with Gasteiger partial charge < -0.3 is 11.1 Å². The van der Waals surface area contributed by atoms with Crippen molar-refractivity contribution >= 4 is 11.8 Å². The molecule has 0 bridgehead atoms. The van der Waals surface area contributed by atoms with E-state index in [1.165, 1.54) is 6.20 Å². The van der Waals surface area contributed by atoms with Crippen molar-refractivity contribution < 1.29 is 9.59 Å². The Hall–Kier alpha value is -2.10. The smallest absolute Gasteiger partial charge is 0.255 e. The van der Waals surface area contributed by atoms with E-state index in [2.05, 4.69) is 5.32 Å². The van der Waals surface area contributed by atoms with Gasteiger partial charge in [-0.15, -0.1) is 0 Å². The van der Waals surface area contributed by atoms with Crippen molar-refractivity contribution in [2.45, 2.75) is 0 Å². The van der Waals surface area contributed by atoms with Crippen LogP contribution in [-0.2, 0) is 4.79 Å². The summed E-state index contributed by atoms with van der Waals surface area (Å²) in [5.74, 6) is -0.874. The molecule has 0 saturated heterocycles. The average molecular weight is 190 g/mol. The molecule has 4 heteroatoms. The molecule has 0 aliphatic carbocycles. The highest BCUT2D eigenvalue weighted by molar-refractivity contribution is 5.95. The highest BCUT2D eigenvalue weighted by atomic mass is 16.2. The van der Waals surface area contributed by atoms with E-state index in [9.17, 15) is 9.59 Å². The lowest BCUT2D eigenvalue weighted by atomic mass is 10.2. The summed E-state index contributed by atoms with van der Waals surface area (Å²) in [5, 5.41) is 2.41. The molecular weight excluding hydrogens is 180 g/mol. The Morgan fingerprint density at radius 2 is 1.86 bits per heavy atom. The van der Waals surface area contributed by atoms with Crippen LogP contribution in [0, 0.1) is 0 Å². The lowest BCUT2D eigenvalue weighted by Crippen LogP contribution is -2.18. The second kappa shape index (κ2) is 4.81. The molecule has 1 rings (SSSR count). The molecule has 1 aromatic rings. The van der Waals surface area contributed by atoms with Crippen molar-refractivity contribution in [1.82, 2.24) is 5.32 Å². The monoisotopic (exact) mass is 190 g/mol. The number of hydrogen-bond donors (Lipinski definition) is 2. The number of carbonyl (C=O) groups excluding carboxylic acids is 2. The molecule has 0 radical (unpaired) electrons. The number of nitrogens with one attached hydrogen (secondary N) is 1. The van der Waals surface area contributed by atoms with Crippen LogP contribution in [0.25, 0.3) is 0 Å². The zero-order valence-electron chi connectivity index (χ0n) is 7.44. The molecule has 4 nitrogen and oxygen atoms in total. The third-order valence-corrected chi connectivity index (χ3v) is 1.50. The van der Waals surface area contributed by atoms with Gasteiger partial charge >= 0.3 is 0 Å². The zero-order chi connectivity index (χ0) is 10.4. The summed E-state index contributed by atoms with van der Waals surface area (Å²) in [6.07, 6.45) is 2.30. The van der Waals surface area contributed by atoms with E-state index in [0.717, 1.165) is 6.08 Å². The molecule has 0 atom stereocenters. The van der Waals surface area contributed by atoms with Crippen LogP contribution < -0.4 is 11.1 Å². The summed E-state index contributed by atoms with van der Waals surface area (Å²) in [6, 6.07) is 8.68. The highest BCUT2D eigenvalue weighted by Crippen LogP contribution is 1.97. The molecule has 14 heavy (non-hydrogen) atoms. The summed E-state index contributed by atoms with van der Waals surface area (Å²) in [5.41, 5.74) is 5.37. The summed E-state index contributed by atoms with van der Waals surface area (Å²) in [6.45, 7) is 0. The quantitative estimate of drug-likeness (QED) is 0.678. The van der Waals surface area contributed by atoms with E-state index >= 15 is 0 Å². The Morgan fingerprint density at radius 1 is 1.21 bits per heavy atom. The maximum Gasteiger partial charge on any atom is 0.255 e. The van der Waals surface area contributed by atoms with E-state index in [1.54, 1.807) is 24.3 Å². The van der Waals surface area contributed by atoms with Crippen molar-refractivity contribution in [2.24, 2.45) is 5.73 Å². The molecule has 0 aromatic heterocycles. The van der Waals surface area contributed by atoms with Gasteiger partial charge in [0, 0.05) is 17.8 Å². The standard InChI is InChI=1S/C10H10N2O2/c11-9(13)6-7-12-10(14)8-4-2-1-3-5-8/h1-7H,(H2,11,13)(H,12,14)/b7-6-. The SMILES string of the molecule is NC(=O)/C=C\NC(=O)c1ccccc1. The molecule has 0 aliphatic heterocycles. The van der Waals surface area contributed by atoms with Crippen LogP contribution in [0.5, 0.6) is 0 Å². The minimum Gasteiger partial charge on any atom is -0.366 e. The van der Waals surface area contributed by atoms with Crippen molar-refractivity contribution in [3.8, 4) is 0 Å². The number of hydrogen-bond acceptors (Lipinski definition) is 2. The van der Waals surface area contributed by atoms with Crippen LogP contribution in [0.3, 0.4) is 0 Å². The fourth-order valence-corrected chi connectivity index (χ4v) is 0.872. The van der Waals surface area contributed by atoms with Gasteiger partial charge in [0.05, 0.1) is 0 Å². The van der Waals surface area contributed by atoms with Crippen LogP contribution in [0.2, 0.25) is 0 Å². The van der Waals surface area contributed by atoms with E-state index < -0.39 is 5.91 Å². The van der Waals surface area contributed by atoms with Crippen molar-refractivity contribution in [3.63, 3.8) is 0 Å². The summed E-state index contributed by atoms with van der Waals surface area (Å²) in [7, 11) is 0. The molecule has 2 amide bonds. The fraction of sp³-hybridized carbons (Fsp3) is 0. The molecule has 0 aliphatic rings. The van der Waals surface area contributed by atoms with E-state index in [4.69, 9.17) is 5.73 Å². The predicted octanol–water partition coefficient (Wildman–Crippen LogP) is 0.415. The molecule has 0 spiro atoms. The maximum atomic E-state index is 11.3. The number of nitrogens with two attached hydrogens (primary N) is 1. The number of rotatable bonds is 3. The second-order valence-corrected chi connectivity index (χ2v) is 2.58. The third kappa shape index (κ3) is 3.10. The van der Waals surface area contributed by atoms with Crippen LogP contribution >= 0.6 is 0 Å². The van der Waals surface area contributed by atoms with Gasteiger partial charge in [-0.05, 0) is 12.1 Å². The second-order valence-electron chi connectivity index (χ2n) is 2.58. The predicted molar refractivity (Wildman–Crippen MR) is 52.2 cm³/mol. The summed E-state index contributed by atoms with van der Waals surface area (Å²) in [4.78, 5) is 21.6. The number of primary amides is 1. The van der Waals surface area contributed by atoms with Gasteiger partial charge in [0.2, 0.25) is 5.91 Å². The van der Waals surface area contributed by atoms with Crippen LogP contribution in [0.15, 0.2) is 42.6 Å². The Labute approximate surface area is 81.4 Å². The normalized spacial score (nSPS) is 10.0. The van der Waals surface area contributed by atoms with E-state index in [-0.39, 0.29) is 5.91 Å². The largest absolute Gasteiger partial charge is 0.366 e. The van der Waals surface area contributed by atoms with Gasteiger partial charge in [-0.3, -0.25) is 9.59 Å². The first kappa shape index (κ1) is 9.98. The van der Waals surface area contributed by atoms with Gasteiger partial charge in [0.25, 0.3) is 5.91 Å². The first-order chi connectivity index (χ1) is 6.70. The lowest BCUT2D eigenvalue weighted by molar-refractivity contribution is -0.113. The molecule has 0 fully saturated rings. The zero-order valence-corrected chi connectivity index (χ0v) is 7.44. The molecule has 1 aromatic carbocycles. The summed E-state index contributed by atoms with van der Waals surface area (Å²) >= 11 is 0.